The maximum absolute atomic E-state index is 12.0. The maximum Gasteiger partial charge on any atom is 0.422 e. The van der Waals surface area contributed by atoms with E-state index in [2.05, 4.69) is 32.3 Å². The van der Waals surface area contributed by atoms with Crippen LogP contribution in [0.5, 0.6) is 5.88 Å². The van der Waals surface area contributed by atoms with Crippen molar-refractivity contribution in [2.75, 3.05) is 13.7 Å². The average Bonchev–Trinajstić information content (AvgIpc) is 3.16. The van der Waals surface area contributed by atoms with E-state index in [9.17, 15) is 13.2 Å². The molecule has 1 saturated carbocycles. The topological polar surface area (TPSA) is 58.5 Å². The Morgan fingerprint density at radius 2 is 2.18 bits per heavy atom. The third-order valence-electron chi connectivity index (χ3n) is 3.30. The van der Waals surface area contributed by atoms with Gasteiger partial charge < -0.3 is 15.4 Å². The van der Waals surface area contributed by atoms with Crippen molar-refractivity contribution in [1.82, 2.24) is 15.6 Å². The summed E-state index contributed by atoms with van der Waals surface area (Å²) in [6.45, 7) is 1.30. The molecule has 8 heteroatoms. The van der Waals surface area contributed by atoms with Gasteiger partial charge in [-0.15, -0.1) is 0 Å². The van der Waals surface area contributed by atoms with Gasteiger partial charge in [-0.25, -0.2) is 4.98 Å². The molecule has 0 amide bonds. The first-order valence-corrected chi connectivity index (χ1v) is 6.99. The Morgan fingerprint density at radius 1 is 1.45 bits per heavy atom. The summed E-state index contributed by atoms with van der Waals surface area (Å²) in [7, 11) is 1.69. The molecule has 1 aliphatic rings. The molecule has 2 N–H and O–H groups in total. The van der Waals surface area contributed by atoms with E-state index in [1.54, 1.807) is 13.1 Å². The number of halogens is 3. The Labute approximate surface area is 127 Å². The molecule has 2 atom stereocenters. The van der Waals surface area contributed by atoms with E-state index in [1.807, 2.05) is 0 Å². The van der Waals surface area contributed by atoms with Crippen molar-refractivity contribution in [2.24, 2.45) is 10.9 Å². The summed E-state index contributed by atoms with van der Waals surface area (Å²) in [4.78, 5) is 7.96. The van der Waals surface area contributed by atoms with Crippen LogP contribution in [0.4, 0.5) is 13.2 Å². The van der Waals surface area contributed by atoms with E-state index < -0.39 is 12.8 Å². The molecular formula is C14H19F3N4O. The first-order valence-electron chi connectivity index (χ1n) is 6.99. The Balaban J connectivity index is 1.78. The zero-order chi connectivity index (χ0) is 16.2. The Bertz CT molecular complexity index is 516. The maximum atomic E-state index is 12.0. The van der Waals surface area contributed by atoms with Crippen LogP contribution in [0.2, 0.25) is 0 Å². The minimum Gasteiger partial charge on any atom is -0.468 e. The highest BCUT2D eigenvalue weighted by atomic mass is 19.4. The number of guanidine groups is 1. The van der Waals surface area contributed by atoms with E-state index in [1.165, 1.54) is 12.3 Å². The summed E-state index contributed by atoms with van der Waals surface area (Å²) in [5.74, 6) is 1.31. The van der Waals surface area contributed by atoms with Gasteiger partial charge in [-0.3, -0.25) is 4.99 Å². The molecule has 122 valence electrons. The summed E-state index contributed by atoms with van der Waals surface area (Å²) in [5, 5.41) is 6.41. The summed E-state index contributed by atoms with van der Waals surface area (Å²) < 4.78 is 40.6. The summed E-state index contributed by atoms with van der Waals surface area (Å²) in [6.07, 6.45) is -1.75. The first kappa shape index (κ1) is 16.4. The molecular weight excluding hydrogens is 297 g/mol. The van der Waals surface area contributed by atoms with Crippen LogP contribution >= 0.6 is 0 Å². The minimum absolute atomic E-state index is 0.0459. The van der Waals surface area contributed by atoms with Crippen LogP contribution in [-0.4, -0.2) is 36.8 Å². The normalized spacial score (nSPS) is 21.4. The van der Waals surface area contributed by atoms with Crippen LogP contribution in [0.1, 0.15) is 18.9 Å². The van der Waals surface area contributed by atoms with E-state index in [4.69, 9.17) is 0 Å². The molecule has 0 aromatic carbocycles. The van der Waals surface area contributed by atoms with Crippen LogP contribution < -0.4 is 15.4 Å². The lowest BCUT2D eigenvalue weighted by Crippen LogP contribution is -2.38. The van der Waals surface area contributed by atoms with Crippen molar-refractivity contribution in [2.45, 2.75) is 32.1 Å². The third-order valence-corrected chi connectivity index (χ3v) is 3.30. The van der Waals surface area contributed by atoms with Gasteiger partial charge in [0.2, 0.25) is 5.88 Å². The highest BCUT2D eigenvalue weighted by Gasteiger charge is 2.33. The van der Waals surface area contributed by atoms with Crippen molar-refractivity contribution < 1.29 is 17.9 Å². The van der Waals surface area contributed by atoms with Crippen molar-refractivity contribution >= 4 is 5.96 Å². The van der Waals surface area contributed by atoms with Crippen molar-refractivity contribution in [1.29, 1.82) is 0 Å². The Morgan fingerprint density at radius 3 is 2.68 bits per heavy atom. The molecule has 1 aliphatic carbocycles. The summed E-state index contributed by atoms with van der Waals surface area (Å²) in [5.41, 5.74) is 0.825. The van der Waals surface area contributed by atoms with E-state index in [0.717, 1.165) is 12.0 Å². The highest BCUT2D eigenvalue weighted by Crippen LogP contribution is 2.28. The smallest absolute Gasteiger partial charge is 0.422 e. The fraction of sp³-hybridized carbons (Fsp3) is 0.571. The highest BCUT2D eigenvalue weighted by molar-refractivity contribution is 5.80. The number of hydrogen-bond acceptors (Lipinski definition) is 3. The first-order chi connectivity index (χ1) is 10.4. The fourth-order valence-electron chi connectivity index (χ4n) is 1.84. The quantitative estimate of drug-likeness (QED) is 0.645. The van der Waals surface area contributed by atoms with Gasteiger partial charge >= 0.3 is 6.18 Å². The molecule has 5 nitrogen and oxygen atoms in total. The van der Waals surface area contributed by atoms with Gasteiger partial charge in [0, 0.05) is 31.9 Å². The van der Waals surface area contributed by atoms with Crippen LogP contribution in [0.25, 0.3) is 0 Å². The minimum atomic E-state index is -4.36. The second-order valence-corrected chi connectivity index (χ2v) is 5.30. The average molecular weight is 316 g/mol. The number of ether oxygens (including phenoxy) is 1. The molecule has 2 rings (SSSR count). The van der Waals surface area contributed by atoms with Gasteiger partial charge in [0.1, 0.15) is 0 Å². The van der Waals surface area contributed by atoms with Crippen LogP contribution in [-0.2, 0) is 6.54 Å². The SMILES string of the molecule is CN=C(NCc1ccc(OCC(F)(F)F)nc1)NC1CC1C. The van der Waals surface area contributed by atoms with E-state index in [-0.39, 0.29) is 5.88 Å². The molecule has 1 aromatic heterocycles. The van der Waals surface area contributed by atoms with Gasteiger partial charge in [-0.1, -0.05) is 13.0 Å². The number of aromatic nitrogens is 1. The summed E-state index contributed by atoms with van der Waals surface area (Å²) in [6, 6.07) is 3.54. The molecule has 0 aliphatic heterocycles. The van der Waals surface area contributed by atoms with Gasteiger partial charge in [-0.2, -0.15) is 13.2 Å². The van der Waals surface area contributed by atoms with Crippen molar-refractivity contribution in [3.8, 4) is 5.88 Å². The molecule has 0 radical (unpaired) electrons. The molecule has 1 aromatic rings. The largest absolute Gasteiger partial charge is 0.468 e. The molecule has 0 bridgehead atoms. The van der Waals surface area contributed by atoms with Crippen LogP contribution in [0, 0.1) is 5.92 Å². The zero-order valence-corrected chi connectivity index (χ0v) is 12.4. The number of alkyl halides is 3. The summed E-state index contributed by atoms with van der Waals surface area (Å²) >= 11 is 0. The third kappa shape index (κ3) is 5.42. The van der Waals surface area contributed by atoms with E-state index in [0.29, 0.717) is 24.5 Å². The monoisotopic (exact) mass is 316 g/mol. The van der Waals surface area contributed by atoms with Crippen LogP contribution in [0.15, 0.2) is 23.3 Å². The second kappa shape index (κ2) is 6.85. The number of aliphatic imine (C=N–C) groups is 1. The van der Waals surface area contributed by atoms with Gasteiger partial charge in [0.05, 0.1) is 0 Å². The lowest BCUT2D eigenvalue weighted by molar-refractivity contribution is -0.154. The Kier molecular flexibility index (Phi) is 5.10. The van der Waals surface area contributed by atoms with Crippen molar-refractivity contribution in [3.63, 3.8) is 0 Å². The van der Waals surface area contributed by atoms with E-state index >= 15 is 0 Å². The van der Waals surface area contributed by atoms with Gasteiger partial charge in [0.25, 0.3) is 0 Å². The number of nitrogens with zero attached hydrogens (tertiary/aromatic N) is 2. The van der Waals surface area contributed by atoms with Crippen LogP contribution in [0.3, 0.4) is 0 Å². The number of rotatable bonds is 5. The number of nitrogens with one attached hydrogen (secondary N) is 2. The Hall–Kier alpha value is -1.99. The lowest BCUT2D eigenvalue weighted by atomic mass is 10.3. The van der Waals surface area contributed by atoms with Gasteiger partial charge in [0.15, 0.2) is 12.6 Å². The fourth-order valence-corrected chi connectivity index (χ4v) is 1.84. The molecule has 0 spiro atoms. The van der Waals surface area contributed by atoms with Crippen molar-refractivity contribution in [3.05, 3.63) is 23.9 Å². The predicted octanol–water partition coefficient (Wildman–Crippen LogP) is 2.10. The zero-order valence-electron chi connectivity index (χ0n) is 12.4. The predicted molar refractivity (Wildman–Crippen MR) is 76.7 cm³/mol. The number of hydrogen-bond donors (Lipinski definition) is 2. The molecule has 0 saturated heterocycles. The van der Waals surface area contributed by atoms with Gasteiger partial charge in [-0.05, 0) is 17.9 Å². The molecule has 2 unspecified atom stereocenters. The second-order valence-electron chi connectivity index (χ2n) is 5.30. The standard InChI is InChI=1S/C14H19F3N4O/c1-9-5-11(9)21-13(18-2)20-7-10-3-4-12(19-6-10)22-8-14(15,16)17/h3-4,6,9,11H,5,7-8H2,1-2H3,(H2,18,20,21). The number of pyridine rings is 1. The molecule has 22 heavy (non-hydrogen) atoms. The molecule has 1 heterocycles. The molecule has 1 fully saturated rings. The lowest BCUT2D eigenvalue weighted by Gasteiger charge is -2.12.